The van der Waals surface area contributed by atoms with E-state index in [4.69, 9.17) is 17.3 Å². The number of aliphatic imine (C=N–C) groups is 1. The molecule has 2 heterocycles. The standard InChI is InChI=1S/C21H18ClF4N5O4S/c1-4-5-31(3)18(34)14(8-16(27)32)36-19(31)28-12-7-13(11(23)6-10(12)22)30-17(33)9-15(21(24,25)26)29(2)20(30)35/h4,6-7,9,14H,1,5,8H2,2-3H3,(H-,27,32)/p+1. The lowest BCUT2D eigenvalue weighted by Crippen LogP contribution is -2.50. The fourth-order valence-corrected chi connectivity index (χ4v) is 5.16. The zero-order valence-electron chi connectivity index (χ0n) is 18.8. The van der Waals surface area contributed by atoms with Gasteiger partial charge in [0.15, 0.2) is 0 Å². The number of amides is 2. The highest BCUT2D eigenvalue weighted by Crippen LogP contribution is 2.38. The topological polar surface area (TPSA) is 117 Å². The Bertz CT molecular complexity index is 1440. The second-order valence-corrected chi connectivity index (χ2v) is 9.55. The maximum absolute atomic E-state index is 14.8. The first-order valence-corrected chi connectivity index (χ1v) is 11.3. The van der Waals surface area contributed by atoms with Crippen LogP contribution in [0.4, 0.5) is 23.2 Å². The number of carbonyl (C=O) groups excluding carboxylic acids is 2. The van der Waals surface area contributed by atoms with Crippen LogP contribution in [0.3, 0.4) is 0 Å². The van der Waals surface area contributed by atoms with Crippen molar-refractivity contribution in [1.29, 1.82) is 0 Å². The van der Waals surface area contributed by atoms with E-state index in [0.29, 0.717) is 0 Å². The molecule has 2 amide bonds. The number of nitrogens with two attached hydrogens (primary N) is 1. The fourth-order valence-electron chi connectivity index (χ4n) is 3.59. The molecule has 36 heavy (non-hydrogen) atoms. The zero-order valence-corrected chi connectivity index (χ0v) is 20.4. The van der Waals surface area contributed by atoms with Gasteiger partial charge >= 0.3 is 17.8 Å². The number of halogens is 5. The van der Waals surface area contributed by atoms with Crippen molar-refractivity contribution in [3.63, 3.8) is 0 Å². The number of hydrogen-bond donors (Lipinski definition) is 1. The van der Waals surface area contributed by atoms with Crippen LogP contribution in [0.2, 0.25) is 5.02 Å². The molecule has 0 spiro atoms. The van der Waals surface area contributed by atoms with E-state index in [1.807, 2.05) is 0 Å². The van der Waals surface area contributed by atoms with E-state index in [0.717, 1.165) is 30.9 Å². The SMILES string of the molecule is C=CC[N+]1(C)C(=O)C(CC(N)=O)SC1=Nc1cc(-n2c(=O)cc(C(F)(F)F)n(C)c2=O)c(F)cc1Cl. The van der Waals surface area contributed by atoms with Crippen LogP contribution in [0.25, 0.3) is 5.69 Å². The summed E-state index contributed by atoms with van der Waals surface area (Å²) in [7, 11) is 2.29. The zero-order chi connectivity index (χ0) is 27.2. The average molecular weight is 549 g/mol. The van der Waals surface area contributed by atoms with Crippen molar-refractivity contribution < 1.29 is 31.6 Å². The molecule has 9 nitrogen and oxygen atoms in total. The number of quaternary nitrogens is 1. The Morgan fingerprint density at radius 2 is 1.94 bits per heavy atom. The quantitative estimate of drug-likeness (QED) is 0.338. The van der Waals surface area contributed by atoms with Crippen LogP contribution in [0, 0.1) is 5.82 Å². The molecule has 1 aromatic carbocycles. The van der Waals surface area contributed by atoms with E-state index >= 15 is 0 Å². The van der Waals surface area contributed by atoms with Crippen molar-refractivity contribution in [2.45, 2.75) is 17.8 Å². The van der Waals surface area contributed by atoms with Crippen molar-refractivity contribution in [2.75, 3.05) is 13.6 Å². The lowest BCUT2D eigenvalue weighted by Gasteiger charge is -2.24. The van der Waals surface area contributed by atoms with E-state index in [2.05, 4.69) is 11.6 Å². The Labute approximate surface area is 210 Å². The number of amidine groups is 1. The number of likely N-dealkylation sites (N-methyl/N-ethyl adjacent to an activating group) is 1. The van der Waals surface area contributed by atoms with Gasteiger partial charge in [-0.15, -0.1) is 0 Å². The Balaban J connectivity index is 2.22. The van der Waals surface area contributed by atoms with Gasteiger partial charge in [0, 0.05) is 13.1 Å². The van der Waals surface area contributed by atoms with Crippen LogP contribution in [0.1, 0.15) is 12.1 Å². The third-order valence-electron chi connectivity index (χ3n) is 5.40. The second kappa shape index (κ2) is 9.67. The average Bonchev–Trinajstić information content (AvgIpc) is 2.97. The number of primary amides is 1. The largest absolute Gasteiger partial charge is 0.431 e. The molecule has 3 rings (SSSR count). The van der Waals surface area contributed by atoms with Gasteiger partial charge in [-0.1, -0.05) is 18.2 Å². The van der Waals surface area contributed by atoms with E-state index in [9.17, 15) is 36.7 Å². The maximum atomic E-state index is 14.8. The first-order chi connectivity index (χ1) is 16.6. The Morgan fingerprint density at radius 1 is 1.31 bits per heavy atom. The summed E-state index contributed by atoms with van der Waals surface area (Å²) < 4.78 is 54.2. The lowest BCUT2D eigenvalue weighted by molar-refractivity contribution is -0.728. The number of carbonyl (C=O) groups is 2. The first-order valence-electron chi connectivity index (χ1n) is 10.1. The number of hydrogen-bond acceptors (Lipinski definition) is 6. The summed E-state index contributed by atoms with van der Waals surface area (Å²) in [5.74, 6) is -2.29. The van der Waals surface area contributed by atoms with Gasteiger partial charge in [0.25, 0.3) is 10.7 Å². The summed E-state index contributed by atoms with van der Waals surface area (Å²) >= 11 is 7.06. The number of thioether (sulfide) groups is 1. The maximum Gasteiger partial charge on any atom is 0.431 e. The molecule has 1 saturated heterocycles. The predicted molar refractivity (Wildman–Crippen MR) is 126 cm³/mol. The third-order valence-corrected chi connectivity index (χ3v) is 7.06. The summed E-state index contributed by atoms with van der Waals surface area (Å²) in [6.45, 7) is 3.69. The van der Waals surface area contributed by atoms with Crippen LogP contribution in [0.5, 0.6) is 0 Å². The van der Waals surface area contributed by atoms with Gasteiger partial charge in [0.1, 0.15) is 23.3 Å². The van der Waals surface area contributed by atoms with Crippen LogP contribution in [-0.4, -0.2) is 49.4 Å². The van der Waals surface area contributed by atoms with Gasteiger partial charge in [0.2, 0.25) is 5.91 Å². The molecule has 0 radical (unpaired) electrons. The van der Waals surface area contributed by atoms with Crippen molar-refractivity contribution in [3.8, 4) is 5.69 Å². The number of rotatable bonds is 6. The molecular formula is C21H19ClF4N5O4S+. The van der Waals surface area contributed by atoms with E-state index in [1.165, 1.54) is 13.1 Å². The van der Waals surface area contributed by atoms with Crippen molar-refractivity contribution in [3.05, 3.63) is 68.2 Å². The van der Waals surface area contributed by atoms with Crippen molar-refractivity contribution in [1.82, 2.24) is 9.13 Å². The highest BCUT2D eigenvalue weighted by atomic mass is 35.5. The molecule has 1 aliphatic heterocycles. The van der Waals surface area contributed by atoms with Crippen LogP contribution in [-0.2, 0) is 22.8 Å². The van der Waals surface area contributed by atoms with E-state index in [-0.39, 0.29) is 44.0 Å². The molecule has 0 bridgehead atoms. The van der Waals surface area contributed by atoms with Crippen LogP contribution >= 0.6 is 23.4 Å². The third kappa shape index (κ3) is 4.88. The Hall–Kier alpha value is -3.23. The number of nitrogens with zero attached hydrogens (tertiary/aromatic N) is 4. The normalized spacial score (nSPS) is 21.2. The molecule has 1 fully saturated rings. The summed E-state index contributed by atoms with van der Waals surface area (Å²) in [5, 5.41) is -0.995. The lowest BCUT2D eigenvalue weighted by atomic mass is 10.2. The van der Waals surface area contributed by atoms with E-state index < -0.39 is 56.2 Å². The molecule has 1 aliphatic rings. The van der Waals surface area contributed by atoms with Crippen LogP contribution in [0.15, 0.2) is 45.4 Å². The minimum atomic E-state index is -5.00. The molecule has 0 aliphatic carbocycles. The fraction of sp³-hybridized carbons (Fsp3) is 0.286. The first kappa shape index (κ1) is 27.4. The van der Waals surface area contributed by atoms with Gasteiger partial charge in [-0.3, -0.25) is 14.2 Å². The molecule has 2 N–H and O–H groups in total. The molecule has 1 aromatic heterocycles. The molecule has 0 saturated carbocycles. The van der Waals surface area contributed by atoms with Gasteiger partial charge in [-0.25, -0.2) is 23.0 Å². The van der Waals surface area contributed by atoms with Crippen molar-refractivity contribution in [2.24, 2.45) is 17.8 Å². The van der Waals surface area contributed by atoms with E-state index in [1.54, 1.807) is 0 Å². The minimum Gasteiger partial charge on any atom is -0.370 e. The molecule has 2 aromatic rings. The molecule has 2 unspecified atom stereocenters. The highest BCUT2D eigenvalue weighted by molar-refractivity contribution is 8.15. The number of aromatic nitrogens is 2. The van der Waals surface area contributed by atoms with Crippen LogP contribution < -0.4 is 17.0 Å². The minimum absolute atomic E-state index is 0.0739. The summed E-state index contributed by atoms with van der Waals surface area (Å²) in [4.78, 5) is 53.7. The molecule has 15 heteroatoms. The molecule has 2 atom stereocenters. The Morgan fingerprint density at radius 3 is 2.50 bits per heavy atom. The van der Waals surface area contributed by atoms with Gasteiger partial charge in [0.05, 0.1) is 29.9 Å². The molecule has 192 valence electrons. The smallest absolute Gasteiger partial charge is 0.370 e. The summed E-state index contributed by atoms with van der Waals surface area (Å²) in [5.41, 5.74) is -0.0297. The van der Waals surface area contributed by atoms with Gasteiger partial charge in [-0.2, -0.15) is 18.2 Å². The predicted octanol–water partition coefficient (Wildman–Crippen LogP) is 2.49. The van der Waals surface area contributed by atoms with Crippen molar-refractivity contribution >= 4 is 46.0 Å². The monoisotopic (exact) mass is 548 g/mol. The van der Waals surface area contributed by atoms with Gasteiger partial charge < -0.3 is 5.73 Å². The Kier molecular flexibility index (Phi) is 7.35. The summed E-state index contributed by atoms with van der Waals surface area (Å²) in [6, 6.07) is 1.81. The number of alkyl halides is 3. The number of benzene rings is 1. The highest BCUT2D eigenvalue weighted by Gasteiger charge is 2.52. The summed E-state index contributed by atoms with van der Waals surface area (Å²) in [6.07, 6.45) is -3.82. The van der Waals surface area contributed by atoms with Gasteiger partial charge in [-0.05, 0) is 30.0 Å². The molecular weight excluding hydrogens is 530 g/mol. The second-order valence-electron chi connectivity index (χ2n) is 7.97.